The summed E-state index contributed by atoms with van der Waals surface area (Å²) in [5, 5.41) is 0. The van der Waals surface area contributed by atoms with Crippen LogP contribution in [0.3, 0.4) is 0 Å². The molecule has 1 heterocycles. The molecule has 1 fully saturated rings. The summed E-state index contributed by atoms with van der Waals surface area (Å²) in [4.78, 5) is 15.2. The molecule has 0 atom stereocenters. The Balaban J connectivity index is 1.86. The summed E-state index contributed by atoms with van der Waals surface area (Å²) in [6.45, 7) is 3.20. The van der Waals surface area contributed by atoms with Crippen LogP contribution in [0.4, 0.5) is 14.5 Å². The van der Waals surface area contributed by atoms with Gasteiger partial charge < -0.3 is 9.72 Å². The van der Waals surface area contributed by atoms with Crippen LogP contribution in [-0.4, -0.2) is 19.2 Å². The number of ether oxygens (including phenoxy) is 1. The number of aromatic amines is 1. The van der Waals surface area contributed by atoms with E-state index in [9.17, 15) is 22.0 Å². The summed E-state index contributed by atoms with van der Waals surface area (Å²) >= 11 is 0. The molecule has 0 saturated heterocycles. The summed E-state index contributed by atoms with van der Waals surface area (Å²) in [6, 6.07) is 9.34. The van der Waals surface area contributed by atoms with Crippen molar-refractivity contribution in [3.05, 3.63) is 75.7 Å². The van der Waals surface area contributed by atoms with Crippen LogP contribution in [0.1, 0.15) is 31.0 Å². The second-order valence-corrected chi connectivity index (χ2v) is 10.2. The zero-order chi connectivity index (χ0) is 23.8. The summed E-state index contributed by atoms with van der Waals surface area (Å²) in [6.07, 6.45) is 2.78. The topological polar surface area (TPSA) is 88.3 Å². The number of H-pyrrole nitrogens is 1. The van der Waals surface area contributed by atoms with Gasteiger partial charge in [0.25, 0.3) is 5.56 Å². The molecule has 33 heavy (non-hydrogen) atoms. The second kappa shape index (κ2) is 8.97. The van der Waals surface area contributed by atoms with Gasteiger partial charge in [-0.15, -0.1) is 0 Å². The maximum absolute atomic E-state index is 14.3. The van der Waals surface area contributed by atoms with Gasteiger partial charge in [-0.3, -0.25) is 9.52 Å². The largest absolute Gasteiger partial charge is 0.454 e. The van der Waals surface area contributed by atoms with Crippen LogP contribution in [0.5, 0.6) is 11.5 Å². The molecule has 0 aliphatic heterocycles. The molecule has 9 heteroatoms. The lowest BCUT2D eigenvalue weighted by atomic mass is 9.98. The van der Waals surface area contributed by atoms with Crippen LogP contribution in [0.25, 0.3) is 11.1 Å². The SMILES string of the molecule is CCS(=O)(=O)Nc1ccc(Oc2ccc(F)cc2F)c(-c2cc(C)c(=O)[nH]c2CC2CC2)c1. The highest BCUT2D eigenvalue weighted by Crippen LogP contribution is 2.40. The van der Waals surface area contributed by atoms with Gasteiger partial charge in [0, 0.05) is 34.1 Å². The minimum Gasteiger partial charge on any atom is -0.454 e. The van der Waals surface area contributed by atoms with E-state index in [-0.39, 0.29) is 22.8 Å². The standard InChI is InChI=1S/C24H24F2N2O4S/c1-3-33(30,31)28-17-7-9-22(32-23-8-6-16(25)12-20(23)26)19(13-17)18-10-14(2)24(29)27-21(18)11-15-4-5-15/h6-10,12-13,15,28H,3-5,11H2,1-2H3,(H,27,29). The zero-order valence-corrected chi connectivity index (χ0v) is 19.1. The number of hydrogen-bond acceptors (Lipinski definition) is 4. The Labute approximate surface area is 190 Å². The normalized spacial score (nSPS) is 13.7. The Hall–Kier alpha value is -3.20. The maximum Gasteiger partial charge on any atom is 0.251 e. The van der Waals surface area contributed by atoms with E-state index >= 15 is 0 Å². The average molecular weight is 475 g/mol. The van der Waals surface area contributed by atoms with Crippen molar-refractivity contribution in [2.75, 3.05) is 10.5 Å². The van der Waals surface area contributed by atoms with E-state index in [0.717, 1.165) is 25.0 Å². The van der Waals surface area contributed by atoms with Crippen molar-refractivity contribution in [1.82, 2.24) is 4.98 Å². The number of hydrogen-bond donors (Lipinski definition) is 2. The maximum atomic E-state index is 14.3. The summed E-state index contributed by atoms with van der Waals surface area (Å²) in [5.41, 5.74) is 2.42. The Morgan fingerprint density at radius 3 is 2.45 bits per heavy atom. The molecular formula is C24H24F2N2O4S. The molecule has 4 rings (SSSR count). The van der Waals surface area contributed by atoms with Crippen LogP contribution in [0.15, 0.2) is 47.3 Å². The van der Waals surface area contributed by atoms with Crippen molar-refractivity contribution in [2.45, 2.75) is 33.1 Å². The van der Waals surface area contributed by atoms with Crippen LogP contribution >= 0.6 is 0 Å². The van der Waals surface area contributed by atoms with E-state index in [2.05, 4.69) is 9.71 Å². The minimum atomic E-state index is -3.54. The number of aryl methyl sites for hydroxylation is 1. The van der Waals surface area contributed by atoms with Crippen molar-refractivity contribution in [3.8, 4) is 22.6 Å². The van der Waals surface area contributed by atoms with Crippen LogP contribution in [0, 0.1) is 24.5 Å². The Morgan fingerprint density at radius 1 is 1.06 bits per heavy atom. The molecular weight excluding hydrogens is 450 g/mol. The van der Waals surface area contributed by atoms with Crippen molar-refractivity contribution >= 4 is 15.7 Å². The van der Waals surface area contributed by atoms with E-state index in [0.29, 0.717) is 40.4 Å². The molecule has 174 valence electrons. The summed E-state index contributed by atoms with van der Waals surface area (Å²) in [5.74, 6) is -1.18. The molecule has 0 amide bonds. The number of halogens is 2. The third-order valence-corrected chi connectivity index (χ3v) is 6.84. The third-order valence-electron chi connectivity index (χ3n) is 5.54. The Kier molecular flexibility index (Phi) is 6.25. The quantitative estimate of drug-likeness (QED) is 0.474. The Bertz CT molecular complexity index is 1370. The predicted molar refractivity (Wildman–Crippen MR) is 123 cm³/mol. The van der Waals surface area contributed by atoms with Crippen molar-refractivity contribution in [1.29, 1.82) is 0 Å². The first kappa shape index (κ1) is 23.0. The van der Waals surface area contributed by atoms with Gasteiger partial charge in [-0.05, 0) is 75.4 Å². The highest BCUT2D eigenvalue weighted by molar-refractivity contribution is 7.92. The number of pyridine rings is 1. The lowest BCUT2D eigenvalue weighted by Crippen LogP contribution is -2.15. The molecule has 2 aromatic carbocycles. The van der Waals surface area contributed by atoms with E-state index in [1.807, 2.05) is 0 Å². The Morgan fingerprint density at radius 2 is 1.79 bits per heavy atom. The molecule has 2 N–H and O–H groups in total. The molecule has 6 nitrogen and oxygen atoms in total. The fourth-order valence-corrected chi connectivity index (χ4v) is 4.14. The lowest BCUT2D eigenvalue weighted by molar-refractivity contribution is 0.439. The van der Waals surface area contributed by atoms with Gasteiger partial charge in [-0.25, -0.2) is 17.2 Å². The zero-order valence-electron chi connectivity index (χ0n) is 18.2. The third kappa shape index (κ3) is 5.42. The lowest BCUT2D eigenvalue weighted by Gasteiger charge is -2.17. The monoisotopic (exact) mass is 474 g/mol. The highest BCUT2D eigenvalue weighted by Gasteiger charge is 2.25. The number of sulfonamides is 1. The van der Waals surface area contributed by atoms with Gasteiger partial charge in [0.2, 0.25) is 10.0 Å². The molecule has 0 radical (unpaired) electrons. The molecule has 1 aliphatic carbocycles. The van der Waals surface area contributed by atoms with E-state index in [1.165, 1.54) is 25.1 Å². The smallest absolute Gasteiger partial charge is 0.251 e. The van der Waals surface area contributed by atoms with Crippen LogP contribution < -0.4 is 15.0 Å². The second-order valence-electron chi connectivity index (χ2n) is 8.21. The molecule has 0 unspecified atom stereocenters. The number of anilines is 1. The van der Waals surface area contributed by atoms with Gasteiger partial charge in [-0.1, -0.05) is 0 Å². The van der Waals surface area contributed by atoms with E-state index in [4.69, 9.17) is 4.74 Å². The number of rotatable bonds is 8. The summed E-state index contributed by atoms with van der Waals surface area (Å²) < 4.78 is 60.2. The fourth-order valence-electron chi connectivity index (χ4n) is 3.51. The predicted octanol–water partition coefficient (Wildman–Crippen LogP) is 5.13. The van der Waals surface area contributed by atoms with E-state index in [1.54, 1.807) is 19.1 Å². The minimum absolute atomic E-state index is 0.105. The van der Waals surface area contributed by atoms with Crippen LogP contribution in [-0.2, 0) is 16.4 Å². The summed E-state index contributed by atoms with van der Waals surface area (Å²) in [7, 11) is -3.54. The highest BCUT2D eigenvalue weighted by atomic mass is 32.2. The van der Waals surface area contributed by atoms with E-state index < -0.39 is 21.7 Å². The van der Waals surface area contributed by atoms with Gasteiger partial charge >= 0.3 is 0 Å². The van der Waals surface area contributed by atoms with Crippen LogP contribution in [0.2, 0.25) is 0 Å². The molecule has 1 aliphatic rings. The van der Waals surface area contributed by atoms with Gasteiger partial charge in [0.05, 0.1) is 5.75 Å². The number of benzene rings is 2. The number of aromatic nitrogens is 1. The number of nitrogens with one attached hydrogen (secondary N) is 2. The molecule has 0 bridgehead atoms. The molecule has 1 saturated carbocycles. The van der Waals surface area contributed by atoms with Gasteiger partial charge in [0.1, 0.15) is 11.6 Å². The molecule has 3 aromatic rings. The average Bonchev–Trinajstić information content (AvgIpc) is 3.57. The fraction of sp³-hybridized carbons (Fsp3) is 0.292. The van der Waals surface area contributed by atoms with Gasteiger partial charge in [0.15, 0.2) is 11.6 Å². The molecule has 0 spiro atoms. The first-order valence-corrected chi connectivity index (χ1v) is 12.3. The first-order chi connectivity index (χ1) is 15.6. The van der Waals surface area contributed by atoms with Crippen molar-refractivity contribution in [3.63, 3.8) is 0 Å². The van der Waals surface area contributed by atoms with Crippen molar-refractivity contribution in [2.24, 2.45) is 5.92 Å². The first-order valence-electron chi connectivity index (χ1n) is 10.7. The van der Waals surface area contributed by atoms with Crippen molar-refractivity contribution < 1.29 is 21.9 Å². The molecule has 1 aromatic heterocycles. The van der Waals surface area contributed by atoms with Gasteiger partial charge in [-0.2, -0.15) is 0 Å².